The summed E-state index contributed by atoms with van der Waals surface area (Å²) in [4.78, 5) is 12.3. The Morgan fingerprint density at radius 3 is 2.69 bits per heavy atom. The fourth-order valence-corrected chi connectivity index (χ4v) is 2.16. The molecule has 0 bridgehead atoms. The minimum atomic E-state index is -0.0751. The van der Waals surface area contributed by atoms with Gasteiger partial charge in [-0.05, 0) is 18.9 Å². The third-order valence-corrected chi connectivity index (χ3v) is 3.16. The molecule has 1 aromatic heterocycles. The summed E-state index contributed by atoms with van der Waals surface area (Å²) in [6.45, 7) is 5.70. The topological polar surface area (TPSA) is 67.2 Å². The third kappa shape index (κ3) is 3.41. The SMILES string of the molecule is CCCNC(=O)c1sc(NCCC)cc1N. The molecule has 0 aliphatic heterocycles. The predicted octanol–water partition coefficient (Wildman–Crippen LogP) is 2.29. The van der Waals surface area contributed by atoms with Crippen LogP contribution in [0.3, 0.4) is 0 Å². The number of nitrogens with one attached hydrogen (secondary N) is 2. The number of nitrogens with two attached hydrogens (primary N) is 1. The number of nitrogen functional groups attached to an aromatic ring is 1. The van der Waals surface area contributed by atoms with Gasteiger partial charge < -0.3 is 16.4 Å². The first-order valence-corrected chi connectivity index (χ1v) is 6.42. The van der Waals surface area contributed by atoms with Crippen LogP contribution >= 0.6 is 11.3 Å². The Hall–Kier alpha value is -1.23. The van der Waals surface area contributed by atoms with Crippen molar-refractivity contribution in [3.05, 3.63) is 10.9 Å². The van der Waals surface area contributed by atoms with Crippen LogP contribution in [0.5, 0.6) is 0 Å². The zero-order valence-corrected chi connectivity index (χ0v) is 10.6. The summed E-state index contributed by atoms with van der Waals surface area (Å²) in [5.74, 6) is -0.0751. The monoisotopic (exact) mass is 241 g/mol. The average molecular weight is 241 g/mol. The summed E-state index contributed by atoms with van der Waals surface area (Å²) in [6.07, 6.45) is 1.98. The van der Waals surface area contributed by atoms with Gasteiger partial charge in [-0.1, -0.05) is 13.8 Å². The standard InChI is InChI=1S/C11H19N3OS/c1-3-5-13-9-7-8(12)10(16-9)11(15)14-6-4-2/h7,13H,3-6,12H2,1-2H3,(H,14,15). The molecule has 0 aromatic carbocycles. The second-order valence-corrected chi connectivity index (χ2v) is 4.63. The lowest BCUT2D eigenvalue weighted by Gasteiger charge is -2.01. The number of thiophene rings is 1. The lowest BCUT2D eigenvalue weighted by atomic mass is 10.3. The van der Waals surface area contributed by atoms with Crippen LogP contribution < -0.4 is 16.4 Å². The second kappa shape index (κ2) is 6.37. The van der Waals surface area contributed by atoms with Crippen molar-refractivity contribution in [2.24, 2.45) is 0 Å². The first-order chi connectivity index (χ1) is 7.69. The highest BCUT2D eigenvalue weighted by molar-refractivity contribution is 7.18. The Labute approximate surface area is 100 Å². The summed E-state index contributed by atoms with van der Waals surface area (Å²) in [5.41, 5.74) is 6.35. The third-order valence-electron chi connectivity index (χ3n) is 2.05. The van der Waals surface area contributed by atoms with Gasteiger partial charge >= 0.3 is 0 Å². The lowest BCUT2D eigenvalue weighted by Crippen LogP contribution is -2.23. The van der Waals surface area contributed by atoms with Crippen LogP contribution in [0.25, 0.3) is 0 Å². The predicted molar refractivity (Wildman–Crippen MR) is 70.1 cm³/mol. The van der Waals surface area contributed by atoms with E-state index in [0.717, 1.165) is 24.4 Å². The van der Waals surface area contributed by atoms with Crippen molar-refractivity contribution >= 4 is 27.9 Å². The molecule has 5 heteroatoms. The normalized spacial score (nSPS) is 10.1. The molecule has 0 radical (unpaired) electrons. The van der Waals surface area contributed by atoms with Crippen molar-refractivity contribution in [3.63, 3.8) is 0 Å². The number of hydrogen-bond acceptors (Lipinski definition) is 4. The van der Waals surface area contributed by atoms with E-state index in [2.05, 4.69) is 17.6 Å². The van der Waals surface area contributed by atoms with Gasteiger partial charge in [0.05, 0.1) is 10.7 Å². The molecule has 16 heavy (non-hydrogen) atoms. The average Bonchev–Trinajstić information content (AvgIpc) is 2.64. The van der Waals surface area contributed by atoms with Crippen molar-refractivity contribution in [3.8, 4) is 0 Å². The van der Waals surface area contributed by atoms with Crippen LogP contribution in [0.4, 0.5) is 10.7 Å². The maximum Gasteiger partial charge on any atom is 0.263 e. The Morgan fingerprint density at radius 2 is 2.06 bits per heavy atom. The van der Waals surface area contributed by atoms with Gasteiger partial charge in [0.25, 0.3) is 5.91 Å². The fraction of sp³-hybridized carbons (Fsp3) is 0.545. The van der Waals surface area contributed by atoms with E-state index in [1.54, 1.807) is 0 Å². The maximum absolute atomic E-state index is 11.7. The molecule has 4 nitrogen and oxygen atoms in total. The molecule has 0 saturated carbocycles. The molecule has 1 rings (SSSR count). The van der Waals surface area contributed by atoms with Gasteiger partial charge in [-0.2, -0.15) is 0 Å². The summed E-state index contributed by atoms with van der Waals surface area (Å²) >= 11 is 1.41. The smallest absolute Gasteiger partial charge is 0.263 e. The Bertz CT molecular complexity index is 349. The second-order valence-electron chi connectivity index (χ2n) is 3.58. The molecule has 0 spiro atoms. The van der Waals surface area contributed by atoms with Crippen LogP contribution in [0.2, 0.25) is 0 Å². The molecule has 90 valence electrons. The summed E-state index contributed by atoms with van der Waals surface area (Å²) in [7, 11) is 0. The highest BCUT2D eigenvalue weighted by Gasteiger charge is 2.13. The molecule has 1 heterocycles. The van der Waals surface area contributed by atoms with Crippen LogP contribution in [0, 0.1) is 0 Å². The van der Waals surface area contributed by atoms with Crippen molar-refractivity contribution < 1.29 is 4.79 Å². The van der Waals surface area contributed by atoms with E-state index >= 15 is 0 Å². The first-order valence-electron chi connectivity index (χ1n) is 5.60. The van der Waals surface area contributed by atoms with Crippen molar-refractivity contribution in [1.29, 1.82) is 0 Å². The number of rotatable bonds is 6. The van der Waals surface area contributed by atoms with Crippen LogP contribution in [-0.2, 0) is 0 Å². The van der Waals surface area contributed by atoms with Gasteiger partial charge in [-0.3, -0.25) is 4.79 Å². The highest BCUT2D eigenvalue weighted by atomic mass is 32.1. The van der Waals surface area contributed by atoms with Crippen molar-refractivity contribution in [2.45, 2.75) is 26.7 Å². The first kappa shape index (κ1) is 12.8. The zero-order chi connectivity index (χ0) is 12.0. The minimum absolute atomic E-state index is 0.0751. The van der Waals surface area contributed by atoms with E-state index in [9.17, 15) is 4.79 Å². The van der Waals surface area contributed by atoms with Gasteiger partial charge in [0.1, 0.15) is 4.88 Å². The summed E-state index contributed by atoms with van der Waals surface area (Å²) < 4.78 is 0. The Morgan fingerprint density at radius 1 is 1.38 bits per heavy atom. The molecular weight excluding hydrogens is 222 g/mol. The van der Waals surface area contributed by atoms with E-state index in [4.69, 9.17) is 5.73 Å². The highest BCUT2D eigenvalue weighted by Crippen LogP contribution is 2.28. The van der Waals surface area contributed by atoms with Crippen molar-refractivity contribution in [2.75, 3.05) is 24.1 Å². The summed E-state index contributed by atoms with van der Waals surface area (Å²) in [6, 6.07) is 1.82. The molecule has 1 amide bonds. The molecule has 1 aromatic rings. The molecule has 0 unspecified atom stereocenters. The fourth-order valence-electron chi connectivity index (χ4n) is 1.24. The van der Waals surface area contributed by atoms with Crippen LogP contribution in [0.15, 0.2) is 6.07 Å². The Kier molecular flexibility index (Phi) is 5.11. The van der Waals surface area contributed by atoms with E-state index in [1.165, 1.54) is 11.3 Å². The molecular formula is C11H19N3OS. The number of carbonyl (C=O) groups excluding carboxylic acids is 1. The van der Waals surface area contributed by atoms with E-state index in [-0.39, 0.29) is 5.91 Å². The van der Waals surface area contributed by atoms with E-state index in [0.29, 0.717) is 17.1 Å². The molecule has 0 fully saturated rings. The van der Waals surface area contributed by atoms with Gasteiger partial charge in [-0.25, -0.2) is 0 Å². The van der Waals surface area contributed by atoms with Gasteiger partial charge in [0.2, 0.25) is 0 Å². The molecule has 0 saturated heterocycles. The molecule has 0 atom stereocenters. The van der Waals surface area contributed by atoms with Crippen LogP contribution in [0.1, 0.15) is 36.4 Å². The van der Waals surface area contributed by atoms with E-state index < -0.39 is 0 Å². The van der Waals surface area contributed by atoms with Gasteiger partial charge in [0, 0.05) is 13.1 Å². The Balaban J connectivity index is 2.65. The van der Waals surface area contributed by atoms with E-state index in [1.807, 2.05) is 13.0 Å². The maximum atomic E-state index is 11.7. The largest absolute Gasteiger partial charge is 0.397 e. The van der Waals surface area contributed by atoms with Gasteiger partial charge in [0.15, 0.2) is 0 Å². The zero-order valence-electron chi connectivity index (χ0n) is 9.80. The molecule has 0 aliphatic carbocycles. The minimum Gasteiger partial charge on any atom is -0.397 e. The molecule has 4 N–H and O–H groups in total. The number of anilines is 2. The van der Waals surface area contributed by atoms with Crippen LogP contribution in [-0.4, -0.2) is 19.0 Å². The number of hydrogen-bond donors (Lipinski definition) is 3. The number of amides is 1. The lowest BCUT2D eigenvalue weighted by molar-refractivity contribution is 0.0958. The van der Waals surface area contributed by atoms with Gasteiger partial charge in [-0.15, -0.1) is 11.3 Å². The molecule has 0 aliphatic rings. The number of carbonyl (C=O) groups is 1. The van der Waals surface area contributed by atoms with Crippen molar-refractivity contribution in [1.82, 2.24) is 5.32 Å². The summed E-state index contributed by atoms with van der Waals surface area (Å²) in [5, 5.41) is 7.01. The quantitative estimate of drug-likeness (QED) is 0.716.